The highest BCUT2D eigenvalue weighted by molar-refractivity contribution is 6.00. The van der Waals surface area contributed by atoms with Crippen LogP contribution in [0.4, 0.5) is 11.4 Å². The number of hydrogen-bond acceptors (Lipinski definition) is 3. The second-order valence-corrected chi connectivity index (χ2v) is 6.79. The molecule has 4 nitrogen and oxygen atoms in total. The molecule has 0 unspecified atom stereocenters. The Morgan fingerprint density at radius 3 is 2.57 bits per heavy atom. The second-order valence-electron chi connectivity index (χ2n) is 6.79. The molecule has 0 spiro atoms. The number of primary amides is 1. The molecular formula is C17H27N3O. The molecule has 1 aromatic rings. The van der Waals surface area contributed by atoms with E-state index in [0.717, 1.165) is 12.2 Å². The number of anilines is 2. The Morgan fingerprint density at radius 2 is 2.00 bits per heavy atom. The van der Waals surface area contributed by atoms with Crippen molar-refractivity contribution in [3.05, 3.63) is 23.8 Å². The molecule has 1 amide bonds. The summed E-state index contributed by atoms with van der Waals surface area (Å²) in [5.41, 5.74) is 13.4. The van der Waals surface area contributed by atoms with Crippen LogP contribution in [0.2, 0.25) is 0 Å². The van der Waals surface area contributed by atoms with Gasteiger partial charge in [0.1, 0.15) is 0 Å². The van der Waals surface area contributed by atoms with Gasteiger partial charge in [-0.15, -0.1) is 0 Å². The summed E-state index contributed by atoms with van der Waals surface area (Å²) in [5.74, 6) is 0.216. The first-order valence-corrected chi connectivity index (χ1v) is 7.86. The fraction of sp³-hybridized carbons (Fsp3) is 0.588. The minimum Gasteiger partial charge on any atom is -0.396 e. The van der Waals surface area contributed by atoms with Gasteiger partial charge in [0, 0.05) is 6.54 Å². The molecule has 0 aromatic heterocycles. The molecule has 0 bridgehead atoms. The normalized spacial score (nSPS) is 17.1. The Kier molecular flexibility index (Phi) is 4.76. The summed E-state index contributed by atoms with van der Waals surface area (Å²) in [6.07, 6.45) is 6.40. The minimum absolute atomic E-state index is 0.364. The van der Waals surface area contributed by atoms with Crippen LogP contribution in [0, 0.1) is 11.3 Å². The molecular weight excluding hydrogens is 262 g/mol. The topological polar surface area (TPSA) is 81.1 Å². The SMILES string of the molecule is CC(C)CC1(CNc2cccc(C(N)=O)c2N)CCCC1. The highest BCUT2D eigenvalue weighted by atomic mass is 16.1. The van der Waals surface area contributed by atoms with Crippen molar-refractivity contribution in [1.29, 1.82) is 0 Å². The van der Waals surface area contributed by atoms with Crippen LogP contribution in [0.15, 0.2) is 18.2 Å². The van der Waals surface area contributed by atoms with Crippen LogP contribution in [0.25, 0.3) is 0 Å². The molecule has 4 heteroatoms. The highest BCUT2D eigenvalue weighted by Gasteiger charge is 2.34. The number of amides is 1. The number of nitrogens with one attached hydrogen (secondary N) is 1. The smallest absolute Gasteiger partial charge is 0.250 e. The van der Waals surface area contributed by atoms with E-state index in [1.807, 2.05) is 12.1 Å². The van der Waals surface area contributed by atoms with Crippen LogP contribution in [-0.4, -0.2) is 12.5 Å². The first-order valence-electron chi connectivity index (χ1n) is 7.86. The van der Waals surface area contributed by atoms with E-state index in [4.69, 9.17) is 11.5 Å². The number of carbonyl (C=O) groups is 1. The number of rotatable bonds is 6. The van der Waals surface area contributed by atoms with Crippen LogP contribution in [0.3, 0.4) is 0 Å². The van der Waals surface area contributed by atoms with Crippen LogP contribution in [0.1, 0.15) is 56.3 Å². The van der Waals surface area contributed by atoms with E-state index in [1.54, 1.807) is 6.07 Å². The van der Waals surface area contributed by atoms with Gasteiger partial charge in [-0.25, -0.2) is 0 Å². The van der Waals surface area contributed by atoms with Gasteiger partial charge in [-0.2, -0.15) is 0 Å². The predicted octanol–water partition coefficient (Wildman–Crippen LogP) is 3.39. The van der Waals surface area contributed by atoms with Crippen molar-refractivity contribution in [3.8, 4) is 0 Å². The van der Waals surface area contributed by atoms with Gasteiger partial charge in [0.15, 0.2) is 0 Å². The van der Waals surface area contributed by atoms with Crippen molar-refractivity contribution in [2.24, 2.45) is 17.1 Å². The molecule has 21 heavy (non-hydrogen) atoms. The van der Waals surface area contributed by atoms with Crippen molar-refractivity contribution in [2.45, 2.75) is 46.0 Å². The summed E-state index contributed by atoms with van der Waals surface area (Å²) < 4.78 is 0. The molecule has 116 valence electrons. The van der Waals surface area contributed by atoms with Crippen LogP contribution >= 0.6 is 0 Å². The van der Waals surface area contributed by atoms with Crippen LogP contribution < -0.4 is 16.8 Å². The fourth-order valence-corrected chi connectivity index (χ4v) is 3.66. The van der Waals surface area contributed by atoms with Crippen molar-refractivity contribution < 1.29 is 4.79 Å². The lowest BCUT2D eigenvalue weighted by atomic mass is 9.78. The maximum atomic E-state index is 11.4. The third-order valence-electron chi connectivity index (χ3n) is 4.53. The van der Waals surface area contributed by atoms with Gasteiger partial charge in [0.05, 0.1) is 16.9 Å². The predicted molar refractivity (Wildman–Crippen MR) is 88.2 cm³/mol. The zero-order valence-corrected chi connectivity index (χ0v) is 13.1. The summed E-state index contributed by atoms with van der Waals surface area (Å²) >= 11 is 0. The number of para-hydroxylation sites is 1. The van der Waals surface area contributed by atoms with Gasteiger partial charge >= 0.3 is 0 Å². The third-order valence-corrected chi connectivity index (χ3v) is 4.53. The van der Waals surface area contributed by atoms with Crippen molar-refractivity contribution in [1.82, 2.24) is 0 Å². The average Bonchev–Trinajstić information content (AvgIpc) is 2.85. The van der Waals surface area contributed by atoms with Crippen molar-refractivity contribution in [3.63, 3.8) is 0 Å². The average molecular weight is 289 g/mol. The quantitative estimate of drug-likeness (QED) is 0.702. The van der Waals surface area contributed by atoms with Crippen molar-refractivity contribution >= 4 is 17.3 Å². The summed E-state index contributed by atoms with van der Waals surface area (Å²) in [7, 11) is 0. The summed E-state index contributed by atoms with van der Waals surface area (Å²) in [5, 5.41) is 3.46. The zero-order valence-electron chi connectivity index (χ0n) is 13.1. The number of nitrogen functional groups attached to an aromatic ring is 1. The van der Waals surface area contributed by atoms with E-state index in [9.17, 15) is 4.79 Å². The first-order chi connectivity index (χ1) is 9.93. The monoisotopic (exact) mass is 289 g/mol. The Bertz CT molecular complexity index is 505. The van der Waals surface area contributed by atoms with E-state index >= 15 is 0 Å². The van der Waals surface area contributed by atoms with Gasteiger partial charge in [0.2, 0.25) is 0 Å². The van der Waals surface area contributed by atoms with Gasteiger partial charge < -0.3 is 16.8 Å². The number of carbonyl (C=O) groups excluding carboxylic acids is 1. The first kappa shape index (κ1) is 15.7. The lowest BCUT2D eigenvalue weighted by Gasteiger charge is -2.32. The van der Waals surface area contributed by atoms with E-state index < -0.39 is 5.91 Å². The van der Waals surface area contributed by atoms with E-state index in [1.165, 1.54) is 32.1 Å². The Balaban J connectivity index is 2.11. The number of hydrogen-bond donors (Lipinski definition) is 3. The molecule has 2 rings (SSSR count). The molecule has 1 aliphatic rings. The molecule has 0 radical (unpaired) electrons. The van der Waals surface area contributed by atoms with E-state index in [2.05, 4.69) is 19.2 Å². The maximum Gasteiger partial charge on any atom is 0.250 e. The highest BCUT2D eigenvalue weighted by Crippen LogP contribution is 2.43. The molecule has 5 N–H and O–H groups in total. The fourth-order valence-electron chi connectivity index (χ4n) is 3.66. The largest absolute Gasteiger partial charge is 0.396 e. The molecule has 0 atom stereocenters. The van der Waals surface area contributed by atoms with E-state index in [-0.39, 0.29) is 0 Å². The molecule has 0 aliphatic heterocycles. The van der Waals surface area contributed by atoms with Gasteiger partial charge in [-0.05, 0) is 42.7 Å². The summed E-state index contributed by atoms with van der Waals surface area (Å²) in [6, 6.07) is 5.41. The summed E-state index contributed by atoms with van der Waals surface area (Å²) in [4.78, 5) is 11.4. The standard InChI is InChI=1S/C17H27N3O/c1-12(2)10-17(8-3-4-9-17)11-20-14-7-5-6-13(15(14)18)16(19)21/h5-7,12,20H,3-4,8-11,18H2,1-2H3,(H2,19,21). The van der Waals surface area contributed by atoms with Crippen molar-refractivity contribution in [2.75, 3.05) is 17.6 Å². The Labute approximate surface area is 127 Å². The Morgan fingerprint density at radius 1 is 1.33 bits per heavy atom. The molecule has 0 heterocycles. The van der Waals surface area contributed by atoms with Crippen LogP contribution in [-0.2, 0) is 0 Å². The van der Waals surface area contributed by atoms with Crippen LogP contribution in [0.5, 0.6) is 0 Å². The van der Waals surface area contributed by atoms with Gasteiger partial charge in [-0.1, -0.05) is 32.8 Å². The number of benzene rings is 1. The number of nitrogens with two attached hydrogens (primary N) is 2. The zero-order chi connectivity index (χ0) is 15.5. The van der Waals surface area contributed by atoms with Gasteiger partial charge in [0.25, 0.3) is 5.91 Å². The maximum absolute atomic E-state index is 11.4. The molecule has 1 aromatic carbocycles. The lowest BCUT2D eigenvalue weighted by molar-refractivity contribution is 0.100. The Hall–Kier alpha value is -1.71. The third kappa shape index (κ3) is 3.69. The second kappa shape index (κ2) is 6.37. The van der Waals surface area contributed by atoms with Gasteiger partial charge in [-0.3, -0.25) is 4.79 Å². The van der Waals surface area contributed by atoms with E-state index in [0.29, 0.717) is 22.6 Å². The molecule has 1 fully saturated rings. The summed E-state index contributed by atoms with van der Waals surface area (Å²) in [6.45, 7) is 5.47. The molecule has 1 aliphatic carbocycles. The minimum atomic E-state index is -0.478. The lowest BCUT2D eigenvalue weighted by Crippen LogP contribution is -2.29. The molecule has 1 saturated carbocycles. The molecule has 0 saturated heterocycles.